The Kier molecular flexibility index (Phi) is 3.66. The maximum atomic E-state index is 11.6. The quantitative estimate of drug-likeness (QED) is 0.575. The number of hydrogen-bond acceptors (Lipinski definition) is 4. The van der Waals surface area contributed by atoms with Crippen LogP contribution in [0.4, 0.5) is 0 Å². The molecule has 0 bridgehead atoms. The summed E-state index contributed by atoms with van der Waals surface area (Å²) in [6.45, 7) is 3.01. The van der Waals surface area contributed by atoms with E-state index in [2.05, 4.69) is 0 Å². The molecule has 4 nitrogen and oxygen atoms in total. The minimum absolute atomic E-state index is 0.272. The second kappa shape index (κ2) is 4.79. The van der Waals surface area contributed by atoms with E-state index in [0.29, 0.717) is 17.1 Å². The van der Waals surface area contributed by atoms with Gasteiger partial charge in [0.15, 0.2) is 5.78 Å². The third kappa shape index (κ3) is 2.05. The molecule has 0 saturated heterocycles. The van der Waals surface area contributed by atoms with E-state index in [9.17, 15) is 9.59 Å². The Bertz CT molecular complexity index is 435. The Morgan fingerprint density at radius 1 is 1.12 bits per heavy atom. The second-order valence-electron chi connectivity index (χ2n) is 3.36. The summed E-state index contributed by atoms with van der Waals surface area (Å²) in [5.41, 5.74) is 0.977. The molecule has 0 aliphatic heterocycles. The molecule has 0 saturated carbocycles. The molecule has 0 fully saturated rings. The second-order valence-corrected chi connectivity index (χ2v) is 3.36. The van der Waals surface area contributed by atoms with Crippen LogP contribution in [0.1, 0.15) is 22.8 Å². The van der Waals surface area contributed by atoms with Gasteiger partial charge in [-0.15, -0.1) is 0 Å². The van der Waals surface area contributed by atoms with Crippen LogP contribution in [-0.2, 0) is 4.79 Å². The van der Waals surface area contributed by atoms with Gasteiger partial charge in [-0.1, -0.05) is 0 Å². The maximum absolute atomic E-state index is 11.6. The first-order chi connectivity index (χ1) is 7.52. The number of ketones is 2. The highest BCUT2D eigenvalue weighted by Crippen LogP contribution is 2.31. The highest BCUT2D eigenvalue weighted by atomic mass is 16.5. The molecule has 0 spiro atoms. The van der Waals surface area contributed by atoms with Crippen molar-refractivity contribution in [3.05, 3.63) is 23.3 Å². The van der Waals surface area contributed by atoms with Gasteiger partial charge in [0, 0.05) is 12.5 Å². The Labute approximate surface area is 94.2 Å². The van der Waals surface area contributed by atoms with Crippen molar-refractivity contribution in [1.82, 2.24) is 0 Å². The third-order valence-corrected chi connectivity index (χ3v) is 2.34. The number of methoxy groups -OCH3 is 2. The number of carbonyl (C=O) groups excluding carboxylic acids is 2. The lowest BCUT2D eigenvalue weighted by Gasteiger charge is -2.12. The fourth-order valence-corrected chi connectivity index (χ4v) is 1.53. The van der Waals surface area contributed by atoms with Crippen LogP contribution in [-0.4, -0.2) is 25.8 Å². The topological polar surface area (TPSA) is 52.6 Å². The molecule has 0 aliphatic carbocycles. The summed E-state index contributed by atoms with van der Waals surface area (Å²) >= 11 is 0. The molecule has 0 N–H and O–H groups in total. The minimum atomic E-state index is -0.553. The van der Waals surface area contributed by atoms with Gasteiger partial charge in [-0.05, 0) is 19.1 Å². The SMILES string of the molecule is COc1ccc(C(=O)C(C)=O)c(OC)c1C. The van der Waals surface area contributed by atoms with E-state index in [0.717, 1.165) is 0 Å². The summed E-state index contributed by atoms with van der Waals surface area (Å²) in [6.07, 6.45) is 0. The van der Waals surface area contributed by atoms with Crippen LogP contribution >= 0.6 is 0 Å². The predicted octanol–water partition coefficient (Wildman–Crippen LogP) is 1.78. The van der Waals surface area contributed by atoms with Gasteiger partial charge < -0.3 is 9.47 Å². The Morgan fingerprint density at radius 3 is 2.19 bits per heavy atom. The van der Waals surface area contributed by atoms with E-state index in [1.54, 1.807) is 13.0 Å². The van der Waals surface area contributed by atoms with Gasteiger partial charge >= 0.3 is 0 Å². The number of Topliss-reactive ketones (excluding diaryl/α,β-unsaturated/α-hetero) is 2. The van der Waals surface area contributed by atoms with Crippen LogP contribution in [0.3, 0.4) is 0 Å². The Morgan fingerprint density at radius 2 is 1.75 bits per heavy atom. The van der Waals surface area contributed by atoms with Crippen LogP contribution in [0.2, 0.25) is 0 Å². The van der Waals surface area contributed by atoms with Gasteiger partial charge in [0.1, 0.15) is 11.5 Å². The molecule has 0 amide bonds. The smallest absolute Gasteiger partial charge is 0.232 e. The average molecular weight is 222 g/mol. The van der Waals surface area contributed by atoms with Crippen LogP contribution < -0.4 is 9.47 Å². The van der Waals surface area contributed by atoms with E-state index in [-0.39, 0.29) is 5.56 Å². The summed E-state index contributed by atoms with van der Waals surface area (Å²) in [5.74, 6) is -0.0537. The summed E-state index contributed by atoms with van der Waals surface area (Å²) in [6, 6.07) is 3.18. The van der Waals surface area contributed by atoms with Crippen molar-refractivity contribution in [2.45, 2.75) is 13.8 Å². The summed E-state index contributed by atoms with van der Waals surface area (Å²) < 4.78 is 10.2. The van der Waals surface area contributed by atoms with Gasteiger partial charge in [-0.2, -0.15) is 0 Å². The highest BCUT2D eigenvalue weighted by Gasteiger charge is 2.19. The van der Waals surface area contributed by atoms with Crippen molar-refractivity contribution in [1.29, 1.82) is 0 Å². The van der Waals surface area contributed by atoms with Gasteiger partial charge in [0.05, 0.1) is 19.8 Å². The molecule has 0 unspecified atom stereocenters. The molecule has 0 aliphatic rings. The maximum Gasteiger partial charge on any atom is 0.232 e. The molecule has 0 heterocycles. The molecule has 1 aromatic rings. The molecule has 86 valence electrons. The molecule has 1 aromatic carbocycles. The van der Waals surface area contributed by atoms with E-state index in [4.69, 9.17) is 9.47 Å². The standard InChI is InChI=1S/C12H14O4/c1-7-10(15-3)6-5-9(12(7)16-4)11(14)8(2)13/h5-6H,1-4H3. The lowest BCUT2D eigenvalue weighted by Crippen LogP contribution is -2.12. The van der Waals surface area contributed by atoms with E-state index in [1.807, 2.05) is 0 Å². The number of rotatable bonds is 4. The zero-order chi connectivity index (χ0) is 12.3. The van der Waals surface area contributed by atoms with Crippen molar-refractivity contribution in [3.8, 4) is 11.5 Å². The Hall–Kier alpha value is -1.84. The van der Waals surface area contributed by atoms with Gasteiger partial charge in [-0.3, -0.25) is 9.59 Å². The fourth-order valence-electron chi connectivity index (χ4n) is 1.53. The van der Waals surface area contributed by atoms with Gasteiger partial charge in [-0.25, -0.2) is 0 Å². The zero-order valence-corrected chi connectivity index (χ0v) is 9.79. The van der Waals surface area contributed by atoms with E-state index in [1.165, 1.54) is 27.2 Å². The lowest BCUT2D eigenvalue weighted by molar-refractivity contribution is -0.113. The van der Waals surface area contributed by atoms with Crippen LogP contribution in [0, 0.1) is 6.92 Å². The molecule has 0 aromatic heterocycles. The zero-order valence-electron chi connectivity index (χ0n) is 9.79. The van der Waals surface area contributed by atoms with Crippen LogP contribution in [0.5, 0.6) is 11.5 Å². The van der Waals surface area contributed by atoms with Crippen molar-refractivity contribution in [2.24, 2.45) is 0 Å². The fraction of sp³-hybridized carbons (Fsp3) is 0.333. The van der Waals surface area contributed by atoms with Crippen LogP contribution in [0.15, 0.2) is 12.1 Å². The highest BCUT2D eigenvalue weighted by molar-refractivity contribution is 6.43. The lowest BCUT2D eigenvalue weighted by atomic mass is 10.0. The van der Waals surface area contributed by atoms with Crippen molar-refractivity contribution >= 4 is 11.6 Å². The average Bonchev–Trinajstić information content (AvgIpc) is 2.27. The number of benzene rings is 1. The first kappa shape index (κ1) is 12.2. The Balaban J connectivity index is 3.37. The first-order valence-corrected chi connectivity index (χ1v) is 4.79. The number of ether oxygens (including phenoxy) is 2. The minimum Gasteiger partial charge on any atom is -0.496 e. The van der Waals surface area contributed by atoms with Gasteiger partial charge in [0.25, 0.3) is 0 Å². The number of hydrogen-bond donors (Lipinski definition) is 0. The van der Waals surface area contributed by atoms with E-state index >= 15 is 0 Å². The summed E-state index contributed by atoms with van der Waals surface area (Å²) in [4.78, 5) is 22.6. The number of carbonyl (C=O) groups is 2. The molecule has 4 heteroatoms. The van der Waals surface area contributed by atoms with Crippen LogP contribution in [0.25, 0.3) is 0 Å². The van der Waals surface area contributed by atoms with Crippen molar-refractivity contribution in [2.75, 3.05) is 14.2 Å². The van der Waals surface area contributed by atoms with Gasteiger partial charge in [0.2, 0.25) is 5.78 Å². The van der Waals surface area contributed by atoms with Crippen molar-refractivity contribution < 1.29 is 19.1 Å². The molecule has 0 radical (unpaired) electrons. The molecular formula is C12H14O4. The third-order valence-electron chi connectivity index (χ3n) is 2.34. The first-order valence-electron chi connectivity index (χ1n) is 4.79. The summed E-state index contributed by atoms with van der Waals surface area (Å²) in [7, 11) is 2.99. The summed E-state index contributed by atoms with van der Waals surface area (Å²) in [5, 5.41) is 0. The molecule has 1 rings (SSSR count). The molecule has 0 atom stereocenters. The monoisotopic (exact) mass is 222 g/mol. The predicted molar refractivity (Wildman–Crippen MR) is 59.3 cm³/mol. The van der Waals surface area contributed by atoms with Crippen molar-refractivity contribution in [3.63, 3.8) is 0 Å². The normalized spacial score (nSPS) is 9.75. The largest absolute Gasteiger partial charge is 0.496 e. The molecule has 16 heavy (non-hydrogen) atoms. The van der Waals surface area contributed by atoms with E-state index < -0.39 is 11.6 Å². The molecular weight excluding hydrogens is 208 g/mol.